The number of thiophene rings is 1. The van der Waals surface area contributed by atoms with Gasteiger partial charge in [0, 0.05) is 21.5 Å². The molecule has 0 atom stereocenters. The highest BCUT2D eigenvalue weighted by molar-refractivity contribution is 14.1. The van der Waals surface area contributed by atoms with Crippen molar-refractivity contribution in [1.29, 1.82) is 0 Å². The van der Waals surface area contributed by atoms with Crippen molar-refractivity contribution >= 4 is 42.2 Å². The maximum Gasteiger partial charge on any atom is 0.192 e. The van der Waals surface area contributed by atoms with Gasteiger partial charge in [0.25, 0.3) is 0 Å². The molecule has 0 aliphatic rings. The van der Waals surface area contributed by atoms with Crippen LogP contribution in [0.4, 0.5) is 0 Å². The first-order chi connectivity index (χ1) is 9.06. The number of aryl methyl sites for hydroxylation is 1. The lowest BCUT2D eigenvalue weighted by Gasteiger charge is -2.35. The van der Waals surface area contributed by atoms with Gasteiger partial charge in [-0.15, -0.1) is 11.3 Å². The fourth-order valence-corrected chi connectivity index (χ4v) is 4.42. The van der Waals surface area contributed by atoms with Gasteiger partial charge in [0.2, 0.25) is 0 Å². The molecule has 1 aromatic heterocycles. The van der Waals surface area contributed by atoms with E-state index in [1.807, 2.05) is 0 Å². The molecule has 0 aliphatic carbocycles. The summed E-state index contributed by atoms with van der Waals surface area (Å²) in [5, 5.41) is 0.276. The Morgan fingerprint density at radius 1 is 1.25 bits per heavy atom. The highest BCUT2D eigenvalue weighted by atomic mass is 127. The first-order valence-corrected chi connectivity index (χ1v) is 11.7. The topological polar surface area (TPSA) is 9.23 Å². The van der Waals surface area contributed by atoms with E-state index >= 15 is 0 Å². The lowest BCUT2D eigenvalue weighted by molar-refractivity contribution is 0.296. The van der Waals surface area contributed by atoms with E-state index in [4.69, 9.17) is 4.43 Å². The molecule has 0 amide bonds. The Bertz CT molecular complexity index is 529. The predicted octanol–water partition coefficient (Wildman–Crippen LogP) is 5.73. The quantitative estimate of drug-likeness (QED) is 0.263. The van der Waals surface area contributed by atoms with Gasteiger partial charge >= 0.3 is 0 Å². The van der Waals surface area contributed by atoms with Crippen LogP contribution in [0.5, 0.6) is 0 Å². The maximum atomic E-state index is 6.13. The lowest BCUT2D eigenvalue weighted by Crippen LogP contribution is -2.40. The monoisotopic (exact) mass is 420 g/mol. The van der Waals surface area contributed by atoms with E-state index in [0.29, 0.717) is 0 Å². The molecular weight excluding hydrogens is 395 g/mol. The van der Waals surface area contributed by atoms with E-state index in [1.54, 1.807) is 11.3 Å². The van der Waals surface area contributed by atoms with E-state index in [-0.39, 0.29) is 5.04 Å². The molecule has 0 unspecified atom stereocenters. The van der Waals surface area contributed by atoms with Crippen molar-refractivity contribution < 1.29 is 4.43 Å². The fourth-order valence-electron chi connectivity index (χ4n) is 1.40. The van der Waals surface area contributed by atoms with E-state index in [1.165, 1.54) is 18.9 Å². The fraction of sp³-hybridized carbons (Fsp3) is 0.625. The average Bonchev–Trinajstić information content (AvgIpc) is 2.55. The van der Waals surface area contributed by atoms with Crippen LogP contribution in [-0.4, -0.2) is 14.9 Å². The minimum Gasteiger partial charge on any atom is -0.416 e. The first-order valence-electron chi connectivity index (χ1n) is 6.94. The van der Waals surface area contributed by atoms with Crippen molar-refractivity contribution in [3.63, 3.8) is 0 Å². The molecule has 0 saturated carbocycles. The summed E-state index contributed by atoms with van der Waals surface area (Å²) in [5.41, 5.74) is 1.37. The van der Waals surface area contributed by atoms with Crippen molar-refractivity contribution in [2.45, 2.75) is 59.2 Å². The third-order valence-corrected chi connectivity index (χ3v) is 11.4. The molecule has 0 bridgehead atoms. The Balaban J connectivity index is 2.55. The summed E-state index contributed by atoms with van der Waals surface area (Å²) in [5.74, 6) is 6.56. The first kappa shape index (κ1) is 18.2. The second-order valence-electron chi connectivity index (χ2n) is 6.59. The molecule has 1 heterocycles. The third-order valence-electron chi connectivity index (χ3n) is 4.01. The second kappa shape index (κ2) is 6.95. The minimum atomic E-state index is -1.62. The Hall–Kier alpha value is 0.167. The Labute approximate surface area is 142 Å². The summed E-state index contributed by atoms with van der Waals surface area (Å²) in [4.78, 5) is 2.57. The molecule has 4 heteroatoms. The van der Waals surface area contributed by atoms with Crippen LogP contribution in [0.1, 0.15) is 42.5 Å². The molecule has 0 radical (unpaired) electrons. The number of hydrogen-bond donors (Lipinski definition) is 0. The van der Waals surface area contributed by atoms with Crippen molar-refractivity contribution in [3.05, 3.63) is 18.9 Å². The SMILES string of the molecule is Cc1sc(C#CCCO[Si](C)(C)C(C)(C)C)c(I)c1C. The van der Waals surface area contributed by atoms with Gasteiger partial charge in [0.1, 0.15) is 0 Å². The van der Waals surface area contributed by atoms with Gasteiger partial charge in [-0.2, -0.15) is 0 Å². The summed E-state index contributed by atoms with van der Waals surface area (Å²) in [6.45, 7) is 16.5. The molecule has 112 valence electrons. The lowest BCUT2D eigenvalue weighted by atomic mass is 10.2. The van der Waals surface area contributed by atoms with Crippen molar-refractivity contribution in [2.24, 2.45) is 0 Å². The zero-order chi connectivity index (χ0) is 15.6. The normalized spacial score (nSPS) is 12.2. The van der Waals surface area contributed by atoms with Crippen LogP contribution in [0.25, 0.3) is 0 Å². The Kier molecular flexibility index (Phi) is 6.33. The predicted molar refractivity (Wildman–Crippen MR) is 101 cm³/mol. The molecule has 1 nitrogen and oxygen atoms in total. The van der Waals surface area contributed by atoms with Crippen molar-refractivity contribution in [2.75, 3.05) is 6.61 Å². The minimum absolute atomic E-state index is 0.276. The summed E-state index contributed by atoms with van der Waals surface area (Å²) in [6.07, 6.45) is 0.818. The summed E-state index contributed by atoms with van der Waals surface area (Å²) < 4.78 is 7.44. The third kappa shape index (κ3) is 4.59. The smallest absolute Gasteiger partial charge is 0.192 e. The standard InChI is InChI=1S/C16H25IOSSi/c1-12-13(2)19-14(15(12)17)10-8-9-11-18-20(6,7)16(3,4)5/h9,11H2,1-7H3. The maximum absolute atomic E-state index is 6.13. The van der Waals surface area contributed by atoms with Gasteiger partial charge in [-0.05, 0) is 60.1 Å². The van der Waals surface area contributed by atoms with Gasteiger partial charge < -0.3 is 4.43 Å². The van der Waals surface area contributed by atoms with E-state index in [2.05, 4.69) is 82.1 Å². The zero-order valence-corrected chi connectivity index (χ0v) is 17.6. The molecule has 0 N–H and O–H groups in total. The molecule has 1 aromatic rings. The van der Waals surface area contributed by atoms with E-state index < -0.39 is 8.32 Å². The summed E-state index contributed by atoms with van der Waals surface area (Å²) in [6, 6.07) is 0. The molecule has 1 rings (SSSR count). The van der Waals surface area contributed by atoms with Crippen molar-refractivity contribution in [3.8, 4) is 11.8 Å². The second-order valence-corrected chi connectivity index (χ2v) is 13.7. The van der Waals surface area contributed by atoms with Gasteiger partial charge in [0.15, 0.2) is 8.32 Å². The average molecular weight is 420 g/mol. The van der Waals surface area contributed by atoms with Crippen LogP contribution in [0.15, 0.2) is 0 Å². The van der Waals surface area contributed by atoms with Crippen LogP contribution in [-0.2, 0) is 4.43 Å². The zero-order valence-electron chi connectivity index (χ0n) is 13.6. The summed E-state index contributed by atoms with van der Waals surface area (Å²) in [7, 11) is -1.62. The highest BCUT2D eigenvalue weighted by Crippen LogP contribution is 2.36. The van der Waals surface area contributed by atoms with Gasteiger partial charge in [0.05, 0.1) is 4.88 Å². The van der Waals surface area contributed by atoms with E-state index in [9.17, 15) is 0 Å². The summed E-state index contributed by atoms with van der Waals surface area (Å²) >= 11 is 4.19. The number of halogens is 1. The van der Waals surface area contributed by atoms with Crippen LogP contribution in [0.3, 0.4) is 0 Å². The molecule has 0 saturated heterocycles. The van der Waals surface area contributed by atoms with Crippen LogP contribution < -0.4 is 0 Å². The van der Waals surface area contributed by atoms with Gasteiger partial charge in [-0.3, -0.25) is 0 Å². The molecule has 0 spiro atoms. The van der Waals surface area contributed by atoms with Gasteiger partial charge in [-0.1, -0.05) is 32.6 Å². The largest absolute Gasteiger partial charge is 0.416 e. The van der Waals surface area contributed by atoms with Crippen LogP contribution >= 0.6 is 33.9 Å². The van der Waals surface area contributed by atoms with Gasteiger partial charge in [-0.25, -0.2) is 0 Å². The number of rotatable bonds is 3. The Morgan fingerprint density at radius 2 is 1.85 bits per heavy atom. The molecule has 0 aliphatic heterocycles. The number of hydrogen-bond acceptors (Lipinski definition) is 2. The van der Waals surface area contributed by atoms with Crippen molar-refractivity contribution in [1.82, 2.24) is 0 Å². The highest BCUT2D eigenvalue weighted by Gasteiger charge is 2.36. The Morgan fingerprint density at radius 3 is 2.30 bits per heavy atom. The molecular formula is C16H25IOSSi. The molecule has 0 fully saturated rings. The van der Waals surface area contributed by atoms with Crippen LogP contribution in [0, 0.1) is 29.3 Å². The van der Waals surface area contributed by atoms with E-state index in [0.717, 1.165) is 13.0 Å². The molecule has 0 aromatic carbocycles. The van der Waals surface area contributed by atoms with Crippen LogP contribution in [0.2, 0.25) is 18.1 Å². The molecule has 20 heavy (non-hydrogen) atoms.